The summed E-state index contributed by atoms with van der Waals surface area (Å²) < 4.78 is 0. The molecule has 0 saturated heterocycles. The summed E-state index contributed by atoms with van der Waals surface area (Å²) in [6.45, 7) is 8.19. The Morgan fingerprint density at radius 1 is 1.00 bits per heavy atom. The van der Waals surface area contributed by atoms with Crippen molar-refractivity contribution in [2.45, 2.75) is 47.0 Å². The van der Waals surface area contributed by atoms with E-state index in [1.165, 1.54) is 11.1 Å². The molecule has 3 heteroatoms. The SMILES string of the molecule is CC(C)Cc1ccc(CCC(=O)CNC(=O)C(C)C)cc1. The second kappa shape index (κ2) is 8.60. The number of hydrogen-bond donors (Lipinski definition) is 1. The Labute approximate surface area is 128 Å². The van der Waals surface area contributed by atoms with Crippen molar-refractivity contribution in [2.24, 2.45) is 11.8 Å². The molecule has 116 valence electrons. The molecule has 0 heterocycles. The van der Waals surface area contributed by atoms with Gasteiger partial charge in [-0.25, -0.2) is 0 Å². The summed E-state index contributed by atoms with van der Waals surface area (Å²) in [5, 5.41) is 2.66. The first-order chi connectivity index (χ1) is 9.88. The van der Waals surface area contributed by atoms with E-state index in [9.17, 15) is 9.59 Å². The molecule has 0 aromatic heterocycles. The molecule has 21 heavy (non-hydrogen) atoms. The van der Waals surface area contributed by atoms with Gasteiger partial charge in [0.15, 0.2) is 5.78 Å². The number of rotatable bonds is 8. The first-order valence-corrected chi connectivity index (χ1v) is 7.75. The molecular weight excluding hydrogens is 262 g/mol. The van der Waals surface area contributed by atoms with E-state index in [1.54, 1.807) is 0 Å². The third-order valence-corrected chi connectivity index (χ3v) is 3.34. The Kier molecular flexibility index (Phi) is 7.13. The first kappa shape index (κ1) is 17.4. The number of amides is 1. The molecule has 0 unspecified atom stereocenters. The number of benzene rings is 1. The standard InChI is InChI=1S/C18H27NO2/c1-13(2)11-16-7-5-15(6-8-16)9-10-17(20)12-19-18(21)14(3)4/h5-8,13-14H,9-12H2,1-4H3,(H,19,21). The average Bonchev–Trinajstić information content (AvgIpc) is 2.43. The zero-order chi connectivity index (χ0) is 15.8. The van der Waals surface area contributed by atoms with Crippen LogP contribution in [-0.2, 0) is 22.4 Å². The zero-order valence-corrected chi connectivity index (χ0v) is 13.6. The maximum absolute atomic E-state index is 11.7. The van der Waals surface area contributed by atoms with E-state index in [0.29, 0.717) is 12.3 Å². The van der Waals surface area contributed by atoms with Crippen molar-refractivity contribution in [3.05, 3.63) is 35.4 Å². The molecule has 0 atom stereocenters. The van der Waals surface area contributed by atoms with Crippen LogP contribution in [0.4, 0.5) is 0 Å². The zero-order valence-electron chi connectivity index (χ0n) is 13.6. The summed E-state index contributed by atoms with van der Waals surface area (Å²) in [7, 11) is 0. The molecule has 0 aliphatic carbocycles. The summed E-state index contributed by atoms with van der Waals surface area (Å²) in [6.07, 6.45) is 2.29. The van der Waals surface area contributed by atoms with Crippen LogP contribution in [0.25, 0.3) is 0 Å². The van der Waals surface area contributed by atoms with Crippen LogP contribution in [-0.4, -0.2) is 18.2 Å². The molecule has 0 fully saturated rings. The molecule has 0 aliphatic heterocycles. The lowest BCUT2D eigenvalue weighted by atomic mass is 10.00. The lowest BCUT2D eigenvalue weighted by molar-refractivity contribution is -0.127. The van der Waals surface area contributed by atoms with E-state index in [2.05, 4.69) is 43.4 Å². The van der Waals surface area contributed by atoms with Crippen molar-refractivity contribution < 1.29 is 9.59 Å². The predicted octanol–water partition coefficient (Wildman–Crippen LogP) is 3.16. The topological polar surface area (TPSA) is 46.2 Å². The van der Waals surface area contributed by atoms with Gasteiger partial charge in [-0.2, -0.15) is 0 Å². The van der Waals surface area contributed by atoms with E-state index >= 15 is 0 Å². The van der Waals surface area contributed by atoms with Crippen LogP contribution in [0.15, 0.2) is 24.3 Å². The van der Waals surface area contributed by atoms with Gasteiger partial charge in [0.05, 0.1) is 6.54 Å². The van der Waals surface area contributed by atoms with Crippen LogP contribution < -0.4 is 5.32 Å². The number of ketones is 1. The summed E-state index contributed by atoms with van der Waals surface area (Å²) >= 11 is 0. The highest BCUT2D eigenvalue weighted by Gasteiger charge is 2.09. The first-order valence-electron chi connectivity index (χ1n) is 7.75. The predicted molar refractivity (Wildman–Crippen MR) is 86.2 cm³/mol. The normalized spacial score (nSPS) is 11.0. The highest BCUT2D eigenvalue weighted by Crippen LogP contribution is 2.11. The monoisotopic (exact) mass is 289 g/mol. The fourth-order valence-corrected chi connectivity index (χ4v) is 2.08. The average molecular weight is 289 g/mol. The Balaban J connectivity index is 2.34. The molecule has 0 aliphatic rings. The van der Waals surface area contributed by atoms with Crippen molar-refractivity contribution in [3.63, 3.8) is 0 Å². The molecule has 1 aromatic rings. The maximum atomic E-state index is 11.7. The fraction of sp³-hybridized carbons (Fsp3) is 0.556. The van der Waals surface area contributed by atoms with Gasteiger partial charge in [0, 0.05) is 12.3 Å². The minimum absolute atomic E-state index is 0.0682. The molecule has 1 N–H and O–H groups in total. The Morgan fingerprint density at radius 2 is 1.57 bits per heavy atom. The van der Waals surface area contributed by atoms with Gasteiger partial charge < -0.3 is 5.32 Å². The number of carbonyl (C=O) groups is 2. The molecule has 3 nitrogen and oxygen atoms in total. The van der Waals surface area contributed by atoms with Crippen molar-refractivity contribution in [2.75, 3.05) is 6.54 Å². The third kappa shape index (κ3) is 7.07. The van der Waals surface area contributed by atoms with E-state index in [4.69, 9.17) is 0 Å². The second-order valence-corrected chi connectivity index (χ2v) is 6.33. The molecule has 0 spiro atoms. The van der Waals surface area contributed by atoms with Crippen LogP contribution in [0.2, 0.25) is 0 Å². The minimum Gasteiger partial charge on any atom is -0.349 e. The summed E-state index contributed by atoms with van der Waals surface area (Å²) in [5.74, 6) is 0.588. The van der Waals surface area contributed by atoms with E-state index in [1.807, 2.05) is 13.8 Å². The molecule has 1 amide bonds. The number of nitrogens with one attached hydrogen (secondary N) is 1. The van der Waals surface area contributed by atoms with Gasteiger partial charge in [-0.05, 0) is 29.9 Å². The van der Waals surface area contributed by atoms with Gasteiger partial charge in [0.25, 0.3) is 0 Å². The van der Waals surface area contributed by atoms with Crippen LogP contribution >= 0.6 is 0 Å². The second-order valence-electron chi connectivity index (χ2n) is 6.33. The van der Waals surface area contributed by atoms with Crippen LogP contribution in [0.5, 0.6) is 0 Å². The number of aryl methyl sites for hydroxylation is 1. The van der Waals surface area contributed by atoms with Crippen molar-refractivity contribution in [1.82, 2.24) is 5.32 Å². The Bertz CT molecular complexity index is 461. The van der Waals surface area contributed by atoms with Crippen LogP contribution in [0, 0.1) is 11.8 Å². The van der Waals surface area contributed by atoms with Crippen LogP contribution in [0.3, 0.4) is 0 Å². The summed E-state index contributed by atoms with van der Waals surface area (Å²) in [5.41, 5.74) is 2.51. The highest BCUT2D eigenvalue weighted by molar-refractivity contribution is 5.86. The number of carbonyl (C=O) groups excluding carboxylic acids is 2. The van der Waals surface area contributed by atoms with E-state index < -0.39 is 0 Å². The van der Waals surface area contributed by atoms with Gasteiger partial charge >= 0.3 is 0 Å². The summed E-state index contributed by atoms with van der Waals surface area (Å²) in [6, 6.07) is 8.47. The lowest BCUT2D eigenvalue weighted by Crippen LogP contribution is -2.32. The van der Waals surface area contributed by atoms with E-state index in [-0.39, 0.29) is 24.2 Å². The van der Waals surface area contributed by atoms with E-state index in [0.717, 1.165) is 12.8 Å². The molecule has 0 saturated carbocycles. The molecule has 1 aromatic carbocycles. The minimum atomic E-state index is -0.0775. The largest absolute Gasteiger partial charge is 0.349 e. The Morgan fingerprint density at radius 3 is 2.10 bits per heavy atom. The Hall–Kier alpha value is -1.64. The smallest absolute Gasteiger partial charge is 0.222 e. The molecule has 0 radical (unpaired) electrons. The van der Waals surface area contributed by atoms with Gasteiger partial charge in [0.1, 0.15) is 0 Å². The van der Waals surface area contributed by atoms with Crippen LogP contribution in [0.1, 0.15) is 45.2 Å². The van der Waals surface area contributed by atoms with Gasteiger partial charge in [-0.3, -0.25) is 9.59 Å². The lowest BCUT2D eigenvalue weighted by Gasteiger charge is -2.08. The van der Waals surface area contributed by atoms with Gasteiger partial charge in [-0.1, -0.05) is 52.0 Å². The third-order valence-electron chi connectivity index (χ3n) is 3.34. The van der Waals surface area contributed by atoms with Crippen molar-refractivity contribution in [1.29, 1.82) is 0 Å². The molecule has 1 rings (SSSR count). The quantitative estimate of drug-likeness (QED) is 0.799. The fourth-order valence-electron chi connectivity index (χ4n) is 2.08. The highest BCUT2D eigenvalue weighted by atomic mass is 16.2. The maximum Gasteiger partial charge on any atom is 0.222 e. The number of Topliss-reactive ketones (excluding diaryl/α,β-unsaturated/α-hetero) is 1. The van der Waals surface area contributed by atoms with Crippen molar-refractivity contribution in [3.8, 4) is 0 Å². The van der Waals surface area contributed by atoms with Gasteiger partial charge in [0.2, 0.25) is 5.91 Å². The summed E-state index contributed by atoms with van der Waals surface area (Å²) in [4.78, 5) is 23.1. The van der Waals surface area contributed by atoms with Crippen molar-refractivity contribution >= 4 is 11.7 Å². The number of hydrogen-bond acceptors (Lipinski definition) is 2. The van der Waals surface area contributed by atoms with Gasteiger partial charge in [-0.15, -0.1) is 0 Å². The molecule has 0 bridgehead atoms. The molecular formula is C18H27NO2.